The quantitative estimate of drug-likeness (QED) is 0.225. The molecular weight excluding hydrogens is 675 g/mol. The Labute approximate surface area is 278 Å². The second-order valence-corrected chi connectivity index (χ2v) is 12.6. The molecule has 4 rings (SSSR count). The van der Waals surface area contributed by atoms with E-state index in [4.69, 9.17) is 27.9 Å². The first-order valence-corrected chi connectivity index (χ1v) is 15.6. The van der Waals surface area contributed by atoms with E-state index < -0.39 is 36.0 Å². The van der Waals surface area contributed by atoms with Crippen LogP contribution in [0.5, 0.6) is 5.75 Å². The number of nitrogens with zero attached hydrogens (tertiary/aromatic N) is 4. The van der Waals surface area contributed by atoms with E-state index in [2.05, 4.69) is 10.4 Å². The molecule has 1 saturated heterocycles. The molecule has 8 nitrogen and oxygen atoms in total. The summed E-state index contributed by atoms with van der Waals surface area (Å²) >= 11 is 12.3. The van der Waals surface area contributed by atoms with Crippen molar-refractivity contribution in [2.24, 2.45) is 5.92 Å². The van der Waals surface area contributed by atoms with Crippen LogP contribution >= 0.6 is 23.2 Å². The fraction of sp³-hybridized carbons (Fsp3) is 0.484. The van der Waals surface area contributed by atoms with Gasteiger partial charge in [-0.2, -0.15) is 31.4 Å². The lowest BCUT2D eigenvalue weighted by Gasteiger charge is -2.39. The number of carbonyl (C=O) groups excluding carboxylic acids is 1. The fourth-order valence-corrected chi connectivity index (χ4v) is 5.81. The summed E-state index contributed by atoms with van der Waals surface area (Å²) in [6.45, 7) is 3.73. The van der Waals surface area contributed by atoms with E-state index in [1.54, 1.807) is 33.8 Å². The summed E-state index contributed by atoms with van der Waals surface area (Å²) in [6.07, 6.45) is -9.77. The topological polar surface area (TPSA) is 82.9 Å². The summed E-state index contributed by atoms with van der Waals surface area (Å²) in [4.78, 5) is 15.8. The van der Waals surface area contributed by atoms with E-state index in [1.807, 2.05) is 13.8 Å². The number of aromatic nitrogens is 2. The molecule has 0 aliphatic carbocycles. The molecule has 0 saturated carbocycles. The van der Waals surface area contributed by atoms with E-state index in [0.29, 0.717) is 27.8 Å². The second kappa shape index (κ2) is 15.5. The number of piperazine rings is 1. The summed E-state index contributed by atoms with van der Waals surface area (Å²) in [5.41, 5.74) is 0.889. The van der Waals surface area contributed by atoms with Crippen LogP contribution in [0, 0.1) is 5.92 Å². The number of amides is 1. The fourth-order valence-electron chi connectivity index (χ4n) is 5.29. The van der Waals surface area contributed by atoms with Gasteiger partial charge in [0.25, 0.3) is 0 Å². The van der Waals surface area contributed by atoms with Gasteiger partial charge in [0, 0.05) is 48.5 Å². The highest BCUT2D eigenvalue weighted by Crippen LogP contribution is 2.31. The average molecular weight is 711 g/mol. The number of benzene rings is 2. The Hall–Kier alpha value is -3.04. The number of hydrogen-bond acceptors (Lipinski definition) is 6. The Morgan fingerprint density at radius 2 is 1.60 bits per heavy atom. The molecule has 0 radical (unpaired) electrons. The summed E-state index contributed by atoms with van der Waals surface area (Å²) in [5.74, 6) is -0.831. The van der Waals surface area contributed by atoms with Crippen LogP contribution in [0.25, 0.3) is 5.69 Å². The Morgan fingerprint density at radius 1 is 0.979 bits per heavy atom. The molecule has 1 amide bonds. The number of carbonyl (C=O) groups is 1. The lowest BCUT2D eigenvalue weighted by molar-refractivity contribution is -0.192. The van der Waals surface area contributed by atoms with Gasteiger partial charge in [-0.1, -0.05) is 37.0 Å². The van der Waals surface area contributed by atoms with Crippen molar-refractivity contribution in [2.75, 3.05) is 39.3 Å². The van der Waals surface area contributed by atoms with Crippen molar-refractivity contribution in [3.63, 3.8) is 0 Å². The molecule has 1 aliphatic heterocycles. The lowest BCUT2D eigenvalue weighted by Crippen LogP contribution is -2.60. The maximum Gasteiger partial charge on any atom is 0.416 e. The zero-order valence-electron chi connectivity index (χ0n) is 25.6. The van der Waals surface area contributed by atoms with Crippen molar-refractivity contribution in [1.29, 1.82) is 0 Å². The van der Waals surface area contributed by atoms with Gasteiger partial charge in [-0.05, 0) is 60.9 Å². The first-order chi connectivity index (χ1) is 22.0. The molecule has 3 aromatic rings. The number of aliphatic hydroxyl groups is 1. The summed E-state index contributed by atoms with van der Waals surface area (Å²) < 4.78 is 87.7. The number of aliphatic hydroxyl groups excluding tert-OH is 1. The first kappa shape index (κ1) is 36.8. The molecular formula is C31H35Cl2F6N5O3. The monoisotopic (exact) mass is 709 g/mol. The third kappa shape index (κ3) is 10.5. The molecule has 2 aromatic carbocycles. The van der Waals surface area contributed by atoms with Gasteiger partial charge in [0.15, 0.2) is 6.04 Å². The normalized spacial score (nSPS) is 16.3. The Morgan fingerprint density at radius 3 is 2.15 bits per heavy atom. The number of rotatable bonds is 12. The van der Waals surface area contributed by atoms with Crippen LogP contribution < -0.4 is 10.1 Å². The highest BCUT2D eigenvalue weighted by Gasteiger charge is 2.49. The molecule has 0 bridgehead atoms. The third-order valence-corrected chi connectivity index (χ3v) is 7.85. The maximum atomic E-state index is 14.2. The van der Waals surface area contributed by atoms with Crippen molar-refractivity contribution >= 4 is 29.1 Å². The van der Waals surface area contributed by atoms with Crippen LogP contribution in [0.3, 0.4) is 0 Å². The standard InChI is InChI=1S/C31H35Cl2F6N5O3/c1-19(2)11-24-15-23(41-44(24)25-13-21(32)12-22(33)14-25)16-40-29(46)28(31(37,38)39)43-9-7-42(8-10-43)17-26(45)18-47-27-5-3-20(4-6-27)30(34,35)36/h3-6,12-15,19,26,28,45H,7-11,16-18H2,1-2H3,(H,40,46)/t26?,28-/m1/s1. The predicted octanol–water partition coefficient (Wildman–Crippen LogP) is 6.00. The van der Waals surface area contributed by atoms with Crippen molar-refractivity contribution in [2.45, 2.75) is 51.3 Å². The minimum absolute atomic E-state index is 0.0660. The van der Waals surface area contributed by atoms with Gasteiger partial charge >= 0.3 is 12.4 Å². The van der Waals surface area contributed by atoms with E-state index in [9.17, 15) is 36.2 Å². The van der Waals surface area contributed by atoms with Gasteiger partial charge in [-0.15, -0.1) is 0 Å². The molecule has 1 aromatic heterocycles. The second-order valence-electron chi connectivity index (χ2n) is 11.7. The van der Waals surface area contributed by atoms with Crippen molar-refractivity contribution in [1.82, 2.24) is 24.9 Å². The molecule has 258 valence electrons. The van der Waals surface area contributed by atoms with E-state index >= 15 is 0 Å². The largest absolute Gasteiger partial charge is 0.491 e. The van der Waals surface area contributed by atoms with Crippen molar-refractivity contribution < 1.29 is 41.0 Å². The van der Waals surface area contributed by atoms with Crippen LogP contribution in [-0.4, -0.2) is 88.2 Å². The number of ether oxygens (including phenoxy) is 1. The number of alkyl halides is 6. The van der Waals surface area contributed by atoms with Gasteiger partial charge in [0.2, 0.25) is 5.91 Å². The zero-order chi connectivity index (χ0) is 34.5. The summed E-state index contributed by atoms with van der Waals surface area (Å²) in [7, 11) is 0. The predicted molar refractivity (Wildman–Crippen MR) is 165 cm³/mol. The Kier molecular flexibility index (Phi) is 12.1. The lowest BCUT2D eigenvalue weighted by atomic mass is 10.1. The van der Waals surface area contributed by atoms with Crippen LogP contribution in [0.2, 0.25) is 10.0 Å². The van der Waals surface area contributed by atoms with Crippen molar-refractivity contribution in [3.8, 4) is 11.4 Å². The van der Waals surface area contributed by atoms with Crippen molar-refractivity contribution in [3.05, 3.63) is 75.5 Å². The molecule has 2 heterocycles. The number of β-amino-alcohol motifs (C(OH)–C–C–N with tert-alkyl or cyclic N) is 1. The number of nitrogens with one attached hydrogen (secondary N) is 1. The van der Waals surface area contributed by atoms with Gasteiger partial charge in [0.1, 0.15) is 18.5 Å². The molecule has 16 heteroatoms. The molecule has 0 spiro atoms. The molecule has 2 atom stereocenters. The smallest absolute Gasteiger partial charge is 0.416 e. The third-order valence-electron chi connectivity index (χ3n) is 7.41. The Bertz CT molecular complexity index is 1470. The SMILES string of the molecule is CC(C)Cc1cc(CNC(=O)[C@@H](N2CCN(CC(O)COc3ccc(C(F)(F)F)cc3)CC2)C(F)(F)F)nn1-c1cc(Cl)cc(Cl)c1. The number of hydrogen-bond donors (Lipinski definition) is 2. The zero-order valence-corrected chi connectivity index (χ0v) is 27.1. The van der Waals surface area contributed by atoms with Gasteiger partial charge in [-0.3, -0.25) is 14.6 Å². The van der Waals surface area contributed by atoms with Gasteiger partial charge in [-0.25, -0.2) is 4.68 Å². The van der Waals surface area contributed by atoms with Gasteiger partial charge < -0.3 is 15.2 Å². The van der Waals surface area contributed by atoms with E-state index in [-0.39, 0.29) is 57.5 Å². The highest BCUT2D eigenvalue weighted by molar-refractivity contribution is 6.34. The molecule has 2 N–H and O–H groups in total. The van der Waals surface area contributed by atoms with Crippen LogP contribution in [0.4, 0.5) is 26.3 Å². The maximum absolute atomic E-state index is 14.2. The minimum atomic E-state index is -4.85. The highest BCUT2D eigenvalue weighted by atomic mass is 35.5. The van der Waals surface area contributed by atoms with Crippen LogP contribution in [0.15, 0.2) is 48.5 Å². The minimum Gasteiger partial charge on any atom is -0.491 e. The van der Waals surface area contributed by atoms with E-state index in [0.717, 1.165) is 34.9 Å². The first-order valence-electron chi connectivity index (χ1n) is 14.8. The summed E-state index contributed by atoms with van der Waals surface area (Å²) in [5, 5.41) is 18.1. The molecule has 1 unspecified atom stereocenters. The summed E-state index contributed by atoms with van der Waals surface area (Å²) in [6, 6.07) is 8.24. The molecule has 47 heavy (non-hydrogen) atoms. The molecule has 1 aliphatic rings. The van der Waals surface area contributed by atoms with Crippen LogP contribution in [0.1, 0.15) is 30.8 Å². The number of halogens is 8. The van der Waals surface area contributed by atoms with Gasteiger partial charge in [0.05, 0.1) is 23.5 Å². The average Bonchev–Trinajstić information content (AvgIpc) is 3.36. The van der Waals surface area contributed by atoms with Crippen LogP contribution in [-0.2, 0) is 23.9 Å². The Balaban J connectivity index is 1.32. The van der Waals surface area contributed by atoms with E-state index in [1.165, 1.54) is 0 Å². The molecule has 1 fully saturated rings.